The molecule has 1 aromatic rings. The second-order valence-electron chi connectivity index (χ2n) is 5.55. The van der Waals surface area contributed by atoms with Gasteiger partial charge in [-0.15, -0.1) is 11.6 Å². The molecule has 1 rings (SSSR count). The normalized spacial score (nSPS) is 13.2. The first kappa shape index (κ1) is 15.2. The minimum absolute atomic E-state index is 0.126. The summed E-state index contributed by atoms with van der Waals surface area (Å²) in [5.41, 5.74) is 1.30. The molecule has 1 unspecified atom stereocenters. The van der Waals surface area contributed by atoms with Crippen LogP contribution in [0.25, 0.3) is 0 Å². The van der Waals surface area contributed by atoms with Crippen LogP contribution in [0.15, 0.2) is 18.2 Å². The first-order chi connectivity index (χ1) is 8.38. The summed E-state index contributed by atoms with van der Waals surface area (Å²) in [7, 11) is 3.34. The van der Waals surface area contributed by atoms with Crippen LogP contribution in [0.1, 0.15) is 32.8 Å². The Kier molecular flexibility index (Phi) is 5.33. The highest BCUT2D eigenvalue weighted by Crippen LogP contribution is 2.31. The number of alkyl halides is 1. The van der Waals surface area contributed by atoms with Gasteiger partial charge in [-0.1, -0.05) is 26.8 Å². The van der Waals surface area contributed by atoms with Crippen molar-refractivity contribution < 1.29 is 9.47 Å². The molecule has 0 fully saturated rings. The Balaban J connectivity index is 2.73. The molecule has 2 nitrogen and oxygen atoms in total. The summed E-state index contributed by atoms with van der Waals surface area (Å²) in [5, 5.41) is 0.157. The molecule has 0 saturated carbocycles. The Morgan fingerprint density at radius 2 is 1.83 bits per heavy atom. The van der Waals surface area contributed by atoms with Crippen molar-refractivity contribution in [1.82, 2.24) is 0 Å². The van der Waals surface area contributed by atoms with Crippen LogP contribution in [0.4, 0.5) is 0 Å². The average Bonchev–Trinajstić information content (AvgIpc) is 2.34. The van der Waals surface area contributed by atoms with E-state index in [4.69, 9.17) is 21.1 Å². The zero-order valence-electron chi connectivity index (χ0n) is 11.9. The molecule has 18 heavy (non-hydrogen) atoms. The van der Waals surface area contributed by atoms with Gasteiger partial charge in [-0.05, 0) is 29.9 Å². The molecule has 0 spiro atoms. The van der Waals surface area contributed by atoms with Gasteiger partial charge in [0.15, 0.2) is 0 Å². The third-order valence-corrected chi connectivity index (χ3v) is 3.97. The van der Waals surface area contributed by atoms with Gasteiger partial charge in [0.05, 0.1) is 14.2 Å². The van der Waals surface area contributed by atoms with E-state index in [0.717, 1.165) is 24.3 Å². The lowest BCUT2D eigenvalue weighted by atomic mass is 9.88. The lowest BCUT2D eigenvalue weighted by Crippen LogP contribution is -2.21. The van der Waals surface area contributed by atoms with Crippen molar-refractivity contribution >= 4 is 11.6 Å². The Bertz CT molecular complexity index is 383. The van der Waals surface area contributed by atoms with E-state index in [1.54, 1.807) is 14.2 Å². The smallest absolute Gasteiger partial charge is 0.125 e. The number of methoxy groups -OCH3 is 2. The largest absolute Gasteiger partial charge is 0.497 e. The van der Waals surface area contributed by atoms with Gasteiger partial charge in [0.25, 0.3) is 0 Å². The maximum atomic E-state index is 6.40. The van der Waals surface area contributed by atoms with E-state index >= 15 is 0 Å². The highest BCUT2D eigenvalue weighted by molar-refractivity contribution is 6.21. The zero-order chi connectivity index (χ0) is 13.8. The highest BCUT2D eigenvalue weighted by atomic mass is 35.5. The van der Waals surface area contributed by atoms with Crippen molar-refractivity contribution in [2.75, 3.05) is 14.2 Å². The summed E-state index contributed by atoms with van der Waals surface area (Å²) >= 11 is 6.40. The minimum atomic E-state index is 0.126. The summed E-state index contributed by atoms with van der Waals surface area (Å²) in [5.74, 6) is 1.68. The van der Waals surface area contributed by atoms with Crippen molar-refractivity contribution in [1.29, 1.82) is 0 Å². The van der Waals surface area contributed by atoms with Gasteiger partial charge in [-0.25, -0.2) is 0 Å². The Hall–Kier alpha value is -0.890. The van der Waals surface area contributed by atoms with Crippen LogP contribution in [0.5, 0.6) is 11.5 Å². The number of benzene rings is 1. The molecule has 0 aliphatic heterocycles. The van der Waals surface area contributed by atoms with Gasteiger partial charge in [-0.2, -0.15) is 0 Å². The number of hydrogen-bond acceptors (Lipinski definition) is 2. The van der Waals surface area contributed by atoms with E-state index in [-0.39, 0.29) is 10.8 Å². The van der Waals surface area contributed by atoms with Crippen LogP contribution in [-0.4, -0.2) is 19.6 Å². The molecule has 0 N–H and O–H groups in total. The standard InChI is InChI=1S/C15H23ClO2/c1-15(2,3)14(16)9-7-11-6-8-12(17-4)10-13(11)18-5/h6,8,10,14H,7,9H2,1-5H3. The van der Waals surface area contributed by atoms with E-state index in [0.29, 0.717) is 0 Å². The monoisotopic (exact) mass is 270 g/mol. The molecule has 0 aliphatic rings. The molecular formula is C15H23ClO2. The first-order valence-corrected chi connectivity index (χ1v) is 6.67. The maximum Gasteiger partial charge on any atom is 0.125 e. The quantitative estimate of drug-likeness (QED) is 0.743. The second-order valence-corrected chi connectivity index (χ2v) is 6.08. The van der Waals surface area contributed by atoms with Crippen molar-refractivity contribution in [2.24, 2.45) is 5.41 Å². The van der Waals surface area contributed by atoms with E-state index in [1.807, 2.05) is 18.2 Å². The molecule has 3 heteroatoms. The lowest BCUT2D eigenvalue weighted by Gasteiger charge is -2.25. The predicted molar refractivity (Wildman–Crippen MR) is 77.0 cm³/mol. The average molecular weight is 271 g/mol. The summed E-state index contributed by atoms with van der Waals surface area (Å²) in [6.45, 7) is 6.49. The number of aryl methyl sites for hydroxylation is 1. The maximum absolute atomic E-state index is 6.40. The molecule has 0 radical (unpaired) electrons. The summed E-state index contributed by atoms with van der Waals surface area (Å²) in [6.07, 6.45) is 1.85. The Morgan fingerprint density at radius 3 is 2.33 bits per heavy atom. The van der Waals surface area contributed by atoms with Crippen molar-refractivity contribution in [3.05, 3.63) is 23.8 Å². The third kappa shape index (κ3) is 4.09. The van der Waals surface area contributed by atoms with Gasteiger partial charge < -0.3 is 9.47 Å². The first-order valence-electron chi connectivity index (χ1n) is 6.23. The van der Waals surface area contributed by atoms with Crippen molar-refractivity contribution in [2.45, 2.75) is 39.0 Å². The Morgan fingerprint density at radius 1 is 1.17 bits per heavy atom. The third-order valence-electron chi connectivity index (χ3n) is 3.10. The zero-order valence-corrected chi connectivity index (χ0v) is 12.7. The van der Waals surface area contributed by atoms with Gasteiger partial charge in [0, 0.05) is 11.4 Å². The fraction of sp³-hybridized carbons (Fsp3) is 0.600. The number of halogens is 1. The van der Waals surface area contributed by atoms with Crippen LogP contribution in [0, 0.1) is 5.41 Å². The molecule has 0 bridgehead atoms. The van der Waals surface area contributed by atoms with Gasteiger partial charge in [-0.3, -0.25) is 0 Å². The van der Waals surface area contributed by atoms with Gasteiger partial charge in [0.1, 0.15) is 11.5 Å². The minimum Gasteiger partial charge on any atom is -0.497 e. The number of hydrogen-bond donors (Lipinski definition) is 0. The van der Waals surface area contributed by atoms with Crippen LogP contribution in [0.3, 0.4) is 0 Å². The Labute approximate surface area is 115 Å². The summed E-state index contributed by atoms with van der Waals surface area (Å²) in [4.78, 5) is 0. The number of ether oxygens (including phenoxy) is 2. The highest BCUT2D eigenvalue weighted by Gasteiger charge is 2.22. The molecule has 0 aromatic heterocycles. The molecule has 0 aliphatic carbocycles. The molecule has 0 saturated heterocycles. The number of rotatable bonds is 5. The molecule has 102 valence electrons. The van der Waals surface area contributed by atoms with E-state index in [1.165, 1.54) is 5.56 Å². The van der Waals surface area contributed by atoms with Crippen molar-refractivity contribution in [3.8, 4) is 11.5 Å². The second kappa shape index (κ2) is 6.33. The fourth-order valence-electron chi connectivity index (χ4n) is 1.77. The van der Waals surface area contributed by atoms with Crippen LogP contribution < -0.4 is 9.47 Å². The van der Waals surface area contributed by atoms with Crippen LogP contribution in [0.2, 0.25) is 0 Å². The van der Waals surface area contributed by atoms with E-state index in [9.17, 15) is 0 Å². The molecule has 0 heterocycles. The predicted octanol–water partition coefficient (Wildman–Crippen LogP) is 4.29. The van der Waals surface area contributed by atoms with Crippen molar-refractivity contribution in [3.63, 3.8) is 0 Å². The lowest BCUT2D eigenvalue weighted by molar-refractivity contribution is 0.368. The molecular weight excluding hydrogens is 248 g/mol. The molecule has 0 amide bonds. The van der Waals surface area contributed by atoms with Crippen LogP contribution in [-0.2, 0) is 6.42 Å². The molecule has 1 aromatic carbocycles. The summed E-state index contributed by atoms with van der Waals surface area (Å²) in [6, 6.07) is 5.91. The fourth-order valence-corrected chi connectivity index (χ4v) is 1.88. The van der Waals surface area contributed by atoms with E-state index < -0.39 is 0 Å². The van der Waals surface area contributed by atoms with Crippen LogP contribution >= 0.6 is 11.6 Å². The topological polar surface area (TPSA) is 18.5 Å². The molecule has 1 atom stereocenters. The van der Waals surface area contributed by atoms with E-state index in [2.05, 4.69) is 20.8 Å². The SMILES string of the molecule is COc1ccc(CCC(Cl)C(C)(C)C)c(OC)c1. The van der Waals surface area contributed by atoms with Gasteiger partial charge in [0.2, 0.25) is 0 Å². The van der Waals surface area contributed by atoms with Gasteiger partial charge >= 0.3 is 0 Å². The summed E-state index contributed by atoms with van der Waals surface area (Å²) < 4.78 is 10.6.